The second-order valence-corrected chi connectivity index (χ2v) is 7.57. The number of sulfonamides is 1. The molecule has 2 N–H and O–H groups in total. The largest absolute Gasteiger partial charge is 0.434 e. The van der Waals surface area contributed by atoms with Gasteiger partial charge in [0.1, 0.15) is 5.82 Å². The Hall–Kier alpha value is -2.90. The van der Waals surface area contributed by atoms with E-state index in [4.69, 9.17) is 5.14 Å². The SMILES string of the molecule is C#C.CC(C)/C=C/c1nc(C(F)(F)F)cn1-c1ccc(S(N)(=O)=O)cc1.CC=NC. The van der Waals surface area contributed by atoms with Gasteiger partial charge in [-0.1, -0.05) is 19.9 Å². The molecule has 2 rings (SSSR count). The van der Waals surface area contributed by atoms with E-state index in [-0.39, 0.29) is 16.6 Å². The second kappa shape index (κ2) is 11.9. The molecule has 0 amide bonds. The van der Waals surface area contributed by atoms with E-state index in [1.807, 2.05) is 20.8 Å². The Bertz CT molecular complexity index is 968. The zero-order valence-corrected chi connectivity index (χ0v) is 17.9. The van der Waals surface area contributed by atoms with Crippen LogP contribution in [-0.4, -0.2) is 31.2 Å². The highest BCUT2D eigenvalue weighted by atomic mass is 32.2. The van der Waals surface area contributed by atoms with Crippen molar-refractivity contribution in [3.63, 3.8) is 0 Å². The third kappa shape index (κ3) is 8.63. The quantitative estimate of drug-likeness (QED) is 0.569. The Labute approximate surface area is 175 Å². The minimum Gasteiger partial charge on any atom is -0.301 e. The summed E-state index contributed by atoms with van der Waals surface area (Å²) in [6.45, 7) is 5.66. The molecule has 0 fully saturated rings. The van der Waals surface area contributed by atoms with Crippen LogP contribution >= 0.6 is 0 Å². The third-order valence-electron chi connectivity index (χ3n) is 3.36. The van der Waals surface area contributed by atoms with Gasteiger partial charge in [0.15, 0.2) is 5.69 Å². The lowest BCUT2D eigenvalue weighted by atomic mass is 10.2. The first-order valence-electron chi connectivity index (χ1n) is 8.58. The molecule has 164 valence electrons. The number of allylic oxidation sites excluding steroid dienone is 1. The van der Waals surface area contributed by atoms with Crippen LogP contribution in [-0.2, 0) is 16.2 Å². The molecular formula is C20H25F3N4O2S. The van der Waals surface area contributed by atoms with E-state index in [9.17, 15) is 21.6 Å². The maximum absolute atomic E-state index is 12.9. The highest BCUT2D eigenvalue weighted by Gasteiger charge is 2.34. The van der Waals surface area contributed by atoms with Gasteiger partial charge in [-0.25, -0.2) is 18.5 Å². The van der Waals surface area contributed by atoms with Gasteiger partial charge < -0.3 is 4.99 Å². The second-order valence-electron chi connectivity index (χ2n) is 6.01. The molecule has 0 radical (unpaired) electrons. The maximum atomic E-state index is 12.9. The summed E-state index contributed by atoms with van der Waals surface area (Å²) >= 11 is 0. The van der Waals surface area contributed by atoms with Gasteiger partial charge in [0.05, 0.1) is 4.90 Å². The Morgan fingerprint density at radius 1 is 1.20 bits per heavy atom. The number of benzene rings is 1. The van der Waals surface area contributed by atoms with Crippen molar-refractivity contribution in [1.29, 1.82) is 0 Å². The minimum absolute atomic E-state index is 0.0966. The number of primary sulfonamides is 1. The lowest BCUT2D eigenvalue weighted by Crippen LogP contribution is -2.12. The first-order valence-corrected chi connectivity index (χ1v) is 10.1. The fourth-order valence-corrected chi connectivity index (χ4v) is 2.45. The zero-order valence-electron chi connectivity index (χ0n) is 17.1. The van der Waals surface area contributed by atoms with E-state index >= 15 is 0 Å². The van der Waals surface area contributed by atoms with Crippen LogP contribution in [0.5, 0.6) is 0 Å². The molecule has 30 heavy (non-hydrogen) atoms. The highest BCUT2D eigenvalue weighted by Crippen LogP contribution is 2.30. The van der Waals surface area contributed by atoms with Crippen molar-refractivity contribution in [2.24, 2.45) is 16.0 Å². The van der Waals surface area contributed by atoms with Crippen molar-refractivity contribution in [3.8, 4) is 18.5 Å². The molecule has 6 nitrogen and oxygen atoms in total. The molecule has 1 aromatic heterocycles. The van der Waals surface area contributed by atoms with E-state index in [2.05, 4.69) is 22.8 Å². The van der Waals surface area contributed by atoms with Gasteiger partial charge in [0.2, 0.25) is 10.0 Å². The number of nitrogens with two attached hydrogens (primary N) is 1. The molecule has 0 spiro atoms. The van der Waals surface area contributed by atoms with Crippen LogP contribution in [0.15, 0.2) is 46.4 Å². The van der Waals surface area contributed by atoms with Crippen LogP contribution in [0, 0.1) is 18.8 Å². The third-order valence-corrected chi connectivity index (χ3v) is 4.28. The molecule has 0 aliphatic heterocycles. The van der Waals surface area contributed by atoms with Crippen molar-refractivity contribution in [3.05, 3.63) is 48.1 Å². The fourth-order valence-electron chi connectivity index (χ4n) is 1.93. The van der Waals surface area contributed by atoms with Crippen molar-refractivity contribution in [1.82, 2.24) is 9.55 Å². The minimum atomic E-state index is -4.58. The van der Waals surface area contributed by atoms with Crippen LogP contribution in [0.1, 0.15) is 32.3 Å². The fraction of sp³-hybridized carbons (Fsp3) is 0.300. The predicted octanol–water partition coefficient (Wildman–Crippen LogP) is 4.16. The number of terminal acetylenes is 1. The van der Waals surface area contributed by atoms with Gasteiger partial charge in [-0.2, -0.15) is 13.2 Å². The van der Waals surface area contributed by atoms with Gasteiger partial charge in [0, 0.05) is 18.9 Å². The van der Waals surface area contributed by atoms with Gasteiger partial charge in [0.25, 0.3) is 0 Å². The van der Waals surface area contributed by atoms with Gasteiger partial charge in [-0.3, -0.25) is 4.57 Å². The zero-order chi connectivity index (χ0) is 23.5. The summed E-state index contributed by atoms with van der Waals surface area (Å²) in [5.41, 5.74) is -0.685. The van der Waals surface area contributed by atoms with Crippen LogP contribution < -0.4 is 5.14 Å². The first-order chi connectivity index (χ1) is 13.9. The van der Waals surface area contributed by atoms with E-state index in [1.54, 1.807) is 19.3 Å². The average Bonchev–Trinajstić information content (AvgIpc) is 3.12. The smallest absolute Gasteiger partial charge is 0.301 e. The normalized spacial score (nSPS) is 11.8. The Morgan fingerprint density at radius 3 is 2.07 bits per heavy atom. The number of hydrogen-bond donors (Lipinski definition) is 1. The first kappa shape index (κ1) is 27.1. The molecule has 0 aliphatic rings. The number of imidazole rings is 1. The number of aliphatic imine (C=N–C) groups is 1. The molecule has 2 aromatic rings. The van der Waals surface area contributed by atoms with Crippen LogP contribution in [0.3, 0.4) is 0 Å². The van der Waals surface area contributed by atoms with Crippen molar-refractivity contribution >= 4 is 22.3 Å². The lowest BCUT2D eigenvalue weighted by molar-refractivity contribution is -0.140. The summed E-state index contributed by atoms with van der Waals surface area (Å²) in [5.74, 6) is 0.230. The summed E-state index contributed by atoms with van der Waals surface area (Å²) in [7, 11) is -2.12. The summed E-state index contributed by atoms with van der Waals surface area (Å²) in [4.78, 5) is 7.10. The predicted molar refractivity (Wildman–Crippen MR) is 114 cm³/mol. The molecule has 0 aliphatic carbocycles. The summed E-state index contributed by atoms with van der Waals surface area (Å²) < 4.78 is 62.5. The van der Waals surface area contributed by atoms with Gasteiger partial charge in [-0.15, -0.1) is 12.8 Å². The summed E-state index contributed by atoms with van der Waals surface area (Å²) in [6, 6.07) is 5.20. The van der Waals surface area contributed by atoms with E-state index in [0.29, 0.717) is 5.69 Å². The maximum Gasteiger partial charge on any atom is 0.434 e. The lowest BCUT2D eigenvalue weighted by Gasteiger charge is -2.06. The molecule has 0 unspecified atom stereocenters. The number of alkyl halides is 3. The summed E-state index contributed by atoms with van der Waals surface area (Å²) in [5, 5.41) is 5.01. The van der Waals surface area contributed by atoms with E-state index < -0.39 is 21.9 Å². The standard InChI is InChI=1S/C15H16F3N3O2S.C3H7N.C2H2/c1-10(2)3-8-14-20-13(15(16,17)18)9-21(14)11-4-6-12(7-5-11)24(19,22)23;1-3-4-2;1-2/h3-10H,1-2H3,(H2,19,22,23);3H,1-2H3;1-2H/b8-3+;;. The molecule has 0 saturated heterocycles. The molecule has 0 saturated carbocycles. The summed E-state index contributed by atoms with van der Waals surface area (Å²) in [6.07, 6.45) is 9.25. The number of halogens is 3. The van der Waals surface area contributed by atoms with Crippen molar-refractivity contribution < 1.29 is 21.6 Å². The molecular weight excluding hydrogens is 417 g/mol. The monoisotopic (exact) mass is 442 g/mol. The number of aromatic nitrogens is 2. The Kier molecular flexibility index (Phi) is 10.8. The number of nitrogens with zero attached hydrogens (tertiary/aromatic N) is 3. The van der Waals surface area contributed by atoms with Gasteiger partial charge in [-0.05, 0) is 49.4 Å². The molecule has 1 aromatic carbocycles. The van der Waals surface area contributed by atoms with Crippen molar-refractivity contribution in [2.75, 3.05) is 7.05 Å². The molecule has 0 bridgehead atoms. The van der Waals surface area contributed by atoms with Crippen LogP contribution in [0.2, 0.25) is 0 Å². The molecule has 10 heteroatoms. The number of hydrogen-bond acceptors (Lipinski definition) is 4. The highest BCUT2D eigenvalue weighted by molar-refractivity contribution is 7.89. The van der Waals surface area contributed by atoms with E-state index in [0.717, 1.165) is 6.20 Å². The topological polar surface area (TPSA) is 90.3 Å². The Balaban J connectivity index is 0.00000125. The number of rotatable bonds is 4. The van der Waals surface area contributed by atoms with Crippen LogP contribution in [0.4, 0.5) is 13.2 Å². The van der Waals surface area contributed by atoms with Gasteiger partial charge >= 0.3 is 6.18 Å². The average molecular weight is 443 g/mol. The molecule has 1 heterocycles. The Morgan fingerprint density at radius 2 is 1.70 bits per heavy atom. The van der Waals surface area contributed by atoms with E-state index in [1.165, 1.54) is 34.9 Å². The van der Waals surface area contributed by atoms with Crippen LogP contribution in [0.25, 0.3) is 11.8 Å². The molecule has 0 atom stereocenters. The van der Waals surface area contributed by atoms with Crippen molar-refractivity contribution in [2.45, 2.75) is 31.8 Å².